The summed E-state index contributed by atoms with van der Waals surface area (Å²) in [5, 5.41) is 6.46. The van der Waals surface area contributed by atoms with Crippen molar-refractivity contribution in [2.45, 2.75) is 45.4 Å². The number of hydrogen-bond acceptors (Lipinski definition) is 4. The number of hydrogen-bond donors (Lipinski definition) is 2. The summed E-state index contributed by atoms with van der Waals surface area (Å²) in [6.45, 7) is 5.43. The molecule has 7 heteroatoms. The van der Waals surface area contributed by atoms with E-state index in [9.17, 15) is 4.79 Å². The van der Waals surface area contributed by atoms with Crippen LogP contribution in [0.25, 0.3) is 0 Å². The van der Waals surface area contributed by atoms with Crippen molar-refractivity contribution >= 4 is 35.9 Å². The molecule has 0 spiro atoms. The molecular weight excluding hydrogens is 397 g/mol. The summed E-state index contributed by atoms with van der Waals surface area (Å²) in [5.74, 6) is 0.641. The van der Waals surface area contributed by atoms with Gasteiger partial charge < -0.3 is 20.1 Å². The third-order valence-corrected chi connectivity index (χ3v) is 2.95. The van der Waals surface area contributed by atoms with E-state index in [4.69, 9.17) is 4.74 Å². The Morgan fingerprint density at radius 2 is 1.68 bits per heavy atom. The fourth-order valence-corrected chi connectivity index (χ4v) is 1.65. The molecule has 0 saturated heterocycles. The Bertz CT molecular complexity index is 289. The van der Waals surface area contributed by atoms with Gasteiger partial charge in [0.15, 0.2) is 5.96 Å². The first-order chi connectivity index (χ1) is 10.2. The van der Waals surface area contributed by atoms with Gasteiger partial charge in [-0.1, -0.05) is 13.3 Å². The number of guanidine groups is 1. The van der Waals surface area contributed by atoms with E-state index in [1.807, 2.05) is 0 Å². The molecule has 0 amide bonds. The second-order valence-electron chi connectivity index (χ2n) is 4.78. The minimum absolute atomic E-state index is 0. The lowest BCUT2D eigenvalue weighted by Gasteiger charge is -2.11. The first kappa shape index (κ1) is 23.7. The Balaban J connectivity index is 0. The Hall–Kier alpha value is -0.570. The molecule has 0 unspecified atom stereocenters. The maximum atomic E-state index is 10.9. The van der Waals surface area contributed by atoms with Crippen LogP contribution in [0.3, 0.4) is 0 Å². The number of carbonyl (C=O) groups is 1. The van der Waals surface area contributed by atoms with Gasteiger partial charge >= 0.3 is 5.97 Å². The summed E-state index contributed by atoms with van der Waals surface area (Å²) >= 11 is 0. The fourth-order valence-electron chi connectivity index (χ4n) is 1.65. The molecule has 6 nitrogen and oxygen atoms in total. The van der Waals surface area contributed by atoms with Gasteiger partial charge in [-0.25, -0.2) is 0 Å². The van der Waals surface area contributed by atoms with Crippen LogP contribution in [0.4, 0.5) is 0 Å². The number of nitrogens with one attached hydrogen (secondary N) is 2. The lowest BCUT2D eigenvalue weighted by Crippen LogP contribution is -2.38. The molecule has 0 aromatic carbocycles. The standard InChI is InChI=1S/C15H31N3O3.HI/c1-4-5-12-21-13-8-11-18-15(16-2)17-10-7-6-9-14(19)20-3;/h4-13H2,1-3H3,(H2,16,17,18);1H. The zero-order chi connectivity index (χ0) is 15.8. The molecule has 0 atom stereocenters. The van der Waals surface area contributed by atoms with E-state index in [2.05, 4.69) is 27.3 Å². The molecular formula is C15H32IN3O3. The van der Waals surface area contributed by atoms with Crippen LogP contribution in [-0.4, -0.2) is 52.4 Å². The highest BCUT2D eigenvalue weighted by Gasteiger charge is 2.00. The Morgan fingerprint density at radius 1 is 1.05 bits per heavy atom. The number of unbranched alkanes of at least 4 members (excludes halogenated alkanes) is 2. The predicted molar refractivity (Wildman–Crippen MR) is 101 cm³/mol. The van der Waals surface area contributed by atoms with Crippen LogP contribution in [0, 0.1) is 0 Å². The molecule has 0 saturated carbocycles. The van der Waals surface area contributed by atoms with Gasteiger partial charge in [0.1, 0.15) is 0 Å². The van der Waals surface area contributed by atoms with Crippen LogP contribution in [-0.2, 0) is 14.3 Å². The summed E-state index contributed by atoms with van der Waals surface area (Å²) in [5.41, 5.74) is 0. The quantitative estimate of drug-likeness (QED) is 0.164. The predicted octanol–water partition coefficient (Wildman–Crippen LogP) is 2.32. The van der Waals surface area contributed by atoms with Crippen molar-refractivity contribution in [3.05, 3.63) is 0 Å². The van der Waals surface area contributed by atoms with E-state index >= 15 is 0 Å². The summed E-state index contributed by atoms with van der Waals surface area (Å²) < 4.78 is 10.1. The van der Waals surface area contributed by atoms with Crippen molar-refractivity contribution in [3.63, 3.8) is 0 Å². The first-order valence-corrected chi connectivity index (χ1v) is 7.83. The number of nitrogens with zero attached hydrogens (tertiary/aromatic N) is 1. The van der Waals surface area contributed by atoms with Crippen molar-refractivity contribution in [1.82, 2.24) is 10.6 Å². The van der Waals surface area contributed by atoms with Gasteiger partial charge in [0.2, 0.25) is 0 Å². The lowest BCUT2D eigenvalue weighted by atomic mass is 10.2. The van der Waals surface area contributed by atoms with Crippen LogP contribution in [0.5, 0.6) is 0 Å². The second kappa shape index (κ2) is 18.5. The first-order valence-electron chi connectivity index (χ1n) is 7.83. The SMILES string of the molecule is CCCCOCCCNC(=NC)NCCCCC(=O)OC.I. The monoisotopic (exact) mass is 429 g/mol. The summed E-state index contributed by atoms with van der Waals surface area (Å²) in [4.78, 5) is 15.1. The van der Waals surface area contributed by atoms with Crippen molar-refractivity contribution < 1.29 is 14.3 Å². The molecule has 0 aliphatic carbocycles. The van der Waals surface area contributed by atoms with E-state index < -0.39 is 0 Å². The fraction of sp³-hybridized carbons (Fsp3) is 0.867. The summed E-state index contributed by atoms with van der Waals surface area (Å²) in [7, 11) is 3.17. The summed E-state index contributed by atoms with van der Waals surface area (Å²) in [6.07, 6.45) is 5.47. The van der Waals surface area contributed by atoms with Crippen LogP contribution in [0.15, 0.2) is 4.99 Å². The molecule has 0 heterocycles. The Kier molecular flexibility index (Phi) is 19.9. The molecule has 0 bridgehead atoms. The molecule has 2 N–H and O–H groups in total. The van der Waals surface area contributed by atoms with Crippen molar-refractivity contribution in [2.24, 2.45) is 4.99 Å². The normalized spacial score (nSPS) is 10.8. The van der Waals surface area contributed by atoms with Gasteiger partial charge in [-0.3, -0.25) is 9.79 Å². The molecule has 0 fully saturated rings. The molecule has 0 aliphatic heterocycles. The number of methoxy groups -OCH3 is 1. The third-order valence-electron chi connectivity index (χ3n) is 2.95. The van der Waals surface area contributed by atoms with Crippen LogP contribution in [0.2, 0.25) is 0 Å². The van der Waals surface area contributed by atoms with Gasteiger partial charge in [-0.15, -0.1) is 24.0 Å². The van der Waals surface area contributed by atoms with E-state index in [0.717, 1.165) is 57.9 Å². The van der Waals surface area contributed by atoms with Gasteiger partial charge in [0.25, 0.3) is 0 Å². The minimum atomic E-state index is -0.152. The molecule has 0 aliphatic rings. The van der Waals surface area contributed by atoms with E-state index in [1.54, 1.807) is 7.05 Å². The maximum absolute atomic E-state index is 10.9. The molecule has 0 aromatic rings. The van der Waals surface area contributed by atoms with Crippen molar-refractivity contribution in [2.75, 3.05) is 40.5 Å². The van der Waals surface area contributed by atoms with Gasteiger partial charge in [0, 0.05) is 39.8 Å². The van der Waals surface area contributed by atoms with Crippen LogP contribution < -0.4 is 10.6 Å². The van der Waals surface area contributed by atoms with Crippen molar-refractivity contribution in [3.8, 4) is 0 Å². The van der Waals surface area contributed by atoms with Crippen molar-refractivity contribution in [1.29, 1.82) is 0 Å². The molecule has 0 aromatic heterocycles. The molecule has 0 radical (unpaired) electrons. The Labute approximate surface area is 151 Å². The highest BCUT2D eigenvalue weighted by Crippen LogP contribution is 1.95. The highest BCUT2D eigenvalue weighted by molar-refractivity contribution is 14.0. The van der Waals surface area contributed by atoms with Gasteiger partial charge in [-0.05, 0) is 25.7 Å². The molecule has 0 rings (SSSR count). The van der Waals surface area contributed by atoms with Gasteiger partial charge in [-0.2, -0.15) is 0 Å². The smallest absolute Gasteiger partial charge is 0.305 e. The van der Waals surface area contributed by atoms with E-state index in [-0.39, 0.29) is 29.9 Å². The van der Waals surface area contributed by atoms with Gasteiger partial charge in [0.05, 0.1) is 7.11 Å². The average Bonchev–Trinajstić information content (AvgIpc) is 2.51. The lowest BCUT2D eigenvalue weighted by molar-refractivity contribution is -0.140. The summed E-state index contributed by atoms with van der Waals surface area (Å²) in [6, 6.07) is 0. The number of halogens is 1. The number of rotatable bonds is 12. The number of esters is 1. The molecule has 22 heavy (non-hydrogen) atoms. The van der Waals surface area contributed by atoms with E-state index in [1.165, 1.54) is 13.5 Å². The molecule has 132 valence electrons. The maximum Gasteiger partial charge on any atom is 0.305 e. The number of carbonyl (C=O) groups excluding carboxylic acids is 1. The topological polar surface area (TPSA) is 72.0 Å². The minimum Gasteiger partial charge on any atom is -0.469 e. The highest BCUT2D eigenvalue weighted by atomic mass is 127. The van der Waals surface area contributed by atoms with E-state index in [0.29, 0.717) is 6.42 Å². The second-order valence-corrected chi connectivity index (χ2v) is 4.78. The van der Waals surface area contributed by atoms with Crippen LogP contribution >= 0.6 is 24.0 Å². The largest absolute Gasteiger partial charge is 0.469 e. The third kappa shape index (κ3) is 15.8. The zero-order valence-electron chi connectivity index (χ0n) is 14.2. The number of aliphatic imine (C=N–C) groups is 1. The average molecular weight is 429 g/mol. The van der Waals surface area contributed by atoms with Crippen LogP contribution in [0.1, 0.15) is 45.4 Å². The Morgan fingerprint density at radius 3 is 2.27 bits per heavy atom. The number of ether oxygens (including phenoxy) is 2. The zero-order valence-corrected chi connectivity index (χ0v) is 16.5.